The van der Waals surface area contributed by atoms with Crippen LogP contribution in [-0.4, -0.2) is 36.4 Å². The van der Waals surface area contributed by atoms with Crippen LogP contribution in [0.3, 0.4) is 0 Å². The van der Waals surface area contributed by atoms with E-state index in [0.717, 1.165) is 18.4 Å². The first-order valence-electron chi connectivity index (χ1n) is 9.83. The molecule has 0 atom stereocenters. The normalized spacial score (nSPS) is 11.9. The maximum absolute atomic E-state index is 12.2. The van der Waals surface area contributed by atoms with E-state index < -0.39 is 12.8 Å². The Labute approximate surface area is 173 Å². The zero-order valence-electron chi connectivity index (χ0n) is 16.9. The lowest BCUT2D eigenvalue weighted by Gasteiger charge is -2.12. The standard InChI is InChI=1S/C21H27F3N4O2/c1-2-25-20(26-12-4-6-14-28-13-5-3-7-19(28)29)27-15-17-8-10-18(11-9-17)30-16-21(22,23)24/h3,5,7-11,13H,2,4,6,12,14-16H2,1H3,(H2,25,26,27). The summed E-state index contributed by atoms with van der Waals surface area (Å²) in [7, 11) is 0. The molecule has 1 aromatic heterocycles. The minimum absolute atomic E-state index is 0.00446. The molecule has 0 bridgehead atoms. The van der Waals surface area contributed by atoms with Crippen molar-refractivity contribution >= 4 is 5.96 Å². The molecule has 0 fully saturated rings. The second-order valence-corrected chi connectivity index (χ2v) is 6.61. The van der Waals surface area contributed by atoms with Crippen LogP contribution in [0, 0.1) is 0 Å². The van der Waals surface area contributed by atoms with Crippen LogP contribution < -0.4 is 20.9 Å². The fourth-order valence-electron chi connectivity index (χ4n) is 2.63. The van der Waals surface area contributed by atoms with Crippen LogP contribution in [0.4, 0.5) is 13.2 Å². The van der Waals surface area contributed by atoms with Gasteiger partial charge in [0.2, 0.25) is 5.56 Å². The predicted octanol–water partition coefficient (Wildman–Crippen LogP) is 3.32. The average molecular weight is 424 g/mol. The summed E-state index contributed by atoms with van der Waals surface area (Å²) in [6.07, 6.45) is -0.847. The summed E-state index contributed by atoms with van der Waals surface area (Å²) in [4.78, 5) is 16.1. The molecule has 2 rings (SSSR count). The third kappa shape index (κ3) is 9.02. The molecule has 164 valence electrons. The fourth-order valence-corrected chi connectivity index (χ4v) is 2.63. The molecular formula is C21H27F3N4O2. The Kier molecular flexibility index (Phi) is 9.24. The average Bonchev–Trinajstić information content (AvgIpc) is 2.71. The van der Waals surface area contributed by atoms with Crippen LogP contribution in [0.5, 0.6) is 5.75 Å². The highest BCUT2D eigenvalue weighted by molar-refractivity contribution is 5.79. The molecule has 0 saturated heterocycles. The van der Waals surface area contributed by atoms with E-state index in [2.05, 4.69) is 15.6 Å². The molecule has 0 radical (unpaired) electrons. The van der Waals surface area contributed by atoms with Gasteiger partial charge < -0.3 is 19.9 Å². The number of alkyl halides is 3. The third-order valence-corrected chi connectivity index (χ3v) is 4.11. The molecule has 1 aromatic carbocycles. The maximum Gasteiger partial charge on any atom is 0.422 e. The lowest BCUT2D eigenvalue weighted by molar-refractivity contribution is -0.153. The van der Waals surface area contributed by atoms with Gasteiger partial charge >= 0.3 is 6.18 Å². The lowest BCUT2D eigenvalue weighted by atomic mass is 10.2. The van der Waals surface area contributed by atoms with Crippen LogP contribution >= 0.6 is 0 Å². The SMILES string of the molecule is CCNC(=NCc1ccc(OCC(F)(F)F)cc1)NCCCCn1ccccc1=O. The van der Waals surface area contributed by atoms with Crippen LogP contribution in [-0.2, 0) is 13.1 Å². The van der Waals surface area contributed by atoms with Crippen molar-refractivity contribution in [3.8, 4) is 5.75 Å². The van der Waals surface area contributed by atoms with E-state index in [4.69, 9.17) is 4.74 Å². The Balaban J connectivity index is 1.76. The number of hydrogen-bond acceptors (Lipinski definition) is 3. The first kappa shape index (κ1) is 23.3. The Morgan fingerprint density at radius 2 is 1.87 bits per heavy atom. The van der Waals surface area contributed by atoms with Crippen molar-refractivity contribution < 1.29 is 17.9 Å². The summed E-state index contributed by atoms with van der Waals surface area (Å²) < 4.78 is 42.9. The zero-order valence-corrected chi connectivity index (χ0v) is 16.9. The van der Waals surface area contributed by atoms with Crippen LogP contribution in [0.25, 0.3) is 0 Å². The van der Waals surface area contributed by atoms with E-state index in [9.17, 15) is 18.0 Å². The van der Waals surface area contributed by atoms with E-state index >= 15 is 0 Å². The van der Waals surface area contributed by atoms with E-state index in [-0.39, 0.29) is 11.3 Å². The molecule has 0 aliphatic rings. The van der Waals surface area contributed by atoms with Gasteiger partial charge in [0.1, 0.15) is 5.75 Å². The van der Waals surface area contributed by atoms with Gasteiger partial charge in [-0.1, -0.05) is 18.2 Å². The Hall–Kier alpha value is -2.97. The van der Waals surface area contributed by atoms with Gasteiger partial charge in [-0.3, -0.25) is 4.79 Å². The summed E-state index contributed by atoms with van der Waals surface area (Å²) in [5.41, 5.74) is 0.852. The number of rotatable bonds is 10. The summed E-state index contributed by atoms with van der Waals surface area (Å²) in [5, 5.41) is 6.39. The molecule has 30 heavy (non-hydrogen) atoms. The van der Waals surface area contributed by atoms with Gasteiger partial charge in [0, 0.05) is 31.9 Å². The molecule has 2 N–H and O–H groups in total. The van der Waals surface area contributed by atoms with Crippen molar-refractivity contribution in [2.24, 2.45) is 4.99 Å². The molecule has 0 aliphatic heterocycles. The van der Waals surface area contributed by atoms with Gasteiger partial charge in [-0.2, -0.15) is 13.2 Å². The molecule has 0 aliphatic carbocycles. The van der Waals surface area contributed by atoms with Gasteiger partial charge in [-0.05, 0) is 43.5 Å². The summed E-state index contributed by atoms with van der Waals surface area (Å²) in [6, 6.07) is 11.5. The van der Waals surface area contributed by atoms with Gasteiger partial charge in [-0.15, -0.1) is 0 Å². The Morgan fingerprint density at radius 3 is 2.53 bits per heavy atom. The summed E-state index contributed by atoms with van der Waals surface area (Å²) in [6.45, 7) is 3.11. The molecule has 9 heteroatoms. The number of aromatic nitrogens is 1. The van der Waals surface area contributed by atoms with Crippen molar-refractivity contribution in [3.63, 3.8) is 0 Å². The quantitative estimate of drug-likeness (QED) is 0.349. The van der Waals surface area contributed by atoms with Gasteiger partial charge in [0.05, 0.1) is 6.54 Å². The van der Waals surface area contributed by atoms with Crippen LogP contribution in [0.15, 0.2) is 58.4 Å². The number of pyridine rings is 1. The van der Waals surface area contributed by atoms with E-state index in [1.807, 2.05) is 13.0 Å². The minimum atomic E-state index is -4.35. The molecule has 0 saturated carbocycles. The number of ether oxygens (including phenoxy) is 1. The van der Waals surface area contributed by atoms with Gasteiger partial charge in [0.15, 0.2) is 12.6 Å². The van der Waals surface area contributed by atoms with Crippen molar-refractivity contribution in [2.75, 3.05) is 19.7 Å². The lowest BCUT2D eigenvalue weighted by Crippen LogP contribution is -2.37. The monoisotopic (exact) mass is 424 g/mol. The molecule has 0 unspecified atom stereocenters. The zero-order chi connectivity index (χ0) is 21.8. The van der Waals surface area contributed by atoms with Gasteiger partial charge in [-0.25, -0.2) is 4.99 Å². The number of hydrogen-bond donors (Lipinski definition) is 2. The molecule has 0 spiro atoms. The highest BCUT2D eigenvalue weighted by atomic mass is 19.4. The van der Waals surface area contributed by atoms with Crippen LogP contribution in [0.1, 0.15) is 25.3 Å². The van der Waals surface area contributed by atoms with Gasteiger partial charge in [0.25, 0.3) is 0 Å². The van der Waals surface area contributed by atoms with Crippen LogP contribution in [0.2, 0.25) is 0 Å². The van der Waals surface area contributed by atoms with E-state index in [1.54, 1.807) is 35.0 Å². The predicted molar refractivity (Wildman–Crippen MR) is 111 cm³/mol. The number of guanidine groups is 1. The molecular weight excluding hydrogens is 397 g/mol. The maximum atomic E-state index is 12.2. The highest BCUT2D eigenvalue weighted by Crippen LogP contribution is 2.19. The number of nitrogens with one attached hydrogen (secondary N) is 2. The van der Waals surface area contributed by atoms with E-state index in [0.29, 0.717) is 32.1 Å². The van der Waals surface area contributed by atoms with Crippen molar-refractivity contribution in [1.82, 2.24) is 15.2 Å². The molecule has 2 aromatic rings. The van der Waals surface area contributed by atoms with Crippen molar-refractivity contribution in [2.45, 2.75) is 39.0 Å². The molecule has 6 nitrogen and oxygen atoms in total. The minimum Gasteiger partial charge on any atom is -0.484 e. The second-order valence-electron chi connectivity index (χ2n) is 6.61. The summed E-state index contributed by atoms with van der Waals surface area (Å²) >= 11 is 0. The van der Waals surface area contributed by atoms with Crippen molar-refractivity contribution in [1.29, 1.82) is 0 Å². The molecule has 1 heterocycles. The number of aliphatic imine (C=N–C) groups is 1. The fraction of sp³-hybridized carbons (Fsp3) is 0.429. The number of aryl methyl sites for hydroxylation is 1. The summed E-state index contributed by atoms with van der Waals surface area (Å²) in [5.74, 6) is 0.828. The third-order valence-electron chi connectivity index (χ3n) is 4.11. The number of benzene rings is 1. The second kappa shape index (κ2) is 11.9. The topological polar surface area (TPSA) is 67.7 Å². The Morgan fingerprint density at radius 1 is 1.10 bits per heavy atom. The number of halogens is 3. The first-order valence-corrected chi connectivity index (χ1v) is 9.83. The highest BCUT2D eigenvalue weighted by Gasteiger charge is 2.28. The number of unbranched alkanes of at least 4 members (excludes halogenated alkanes) is 1. The number of nitrogens with zero attached hydrogens (tertiary/aromatic N) is 2. The Bertz CT molecular complexity index is 848. The smallest absolute Gasteiger partial charge is 0.422 e. The largest absolute Gasteiger partial charge is 0.484 e. The first-order chi connectivity index (χ1) is 14.4. The van der Waals surface area contributed by atoms with E-state index in [1.165, 1.54) is 12.1 Å². The van der Waals surface area contributed by atoms with Crippen molar-refractivity contribution in [3.05, 3.63) is 64.6 Å². The molecule has 0 amide bonds.